The van der Waals surface area contributed by atoms with Crippen LogP contribution in [-0.4, -0.2) is 57.9 Å². The number of aromatic nitrogens is 2. The van der Waals surface area contributed by atoms with E-state index in [1.807, 2.05) is 20.8 Å². The van der Waals surface area contributed by atoms with E-state index in [9.17, 15) is 14.4 Å². The van der Waals surface area contributed by atoms with Gasteiger partial charge in [-0.3, -0.25) is 14.2 Å². The van der Waals surface area contributed by atoms with Crippen LogP contribution in [0.1, 0.15) is 53.4 Å². The summed E-state index contributed by atoms with van der Waals surface area (Å²) in [5.41, 5.74) is -0.927. The van der Waals surface area contributed by atoms with E-state index < -0.39 is 11.6 Å². The SMILES string of the molecule is CC(=O)OCCn1c(Cl)cnc(NCCC2CCCCN2C(=O)OC(C)(C)C)c1=O. The highest BCUT2D eigenvalue weighted by molar-refractivity contribution is 6.29. The quantitative estimate of drug-likeness (QED) is 0.647. The van der Waals surface area contributed by atoms with Crippen LogP contribution in [0.4, 0.5) is 10.6 Å². The molecule has 0 spiro atoms. The maximum absolute atomic E-state index is 12.6. The molecule has 9 nitrogen and oxygen atoms in total. The highest BCUT2D eigenvalue weighted by atomic mass is 35.5. The van der Waals surface area contributed by atoms with Gasteiger partial charge in [-0.25, -0.2) is 9.78 Å². The summed E-state index contributed by atoms with van der Waals surface area (Å²) in [6.07, 6.45) is 4.64. The molecule has 1 N–H and O–H groups in total. The number of nitrogens with one attached hydrogen (secondary N) is 1. The van der Waals surface area contributed by atoms with Gasteiger partial charge in [0.05, 0.1) is 12.7 Å². The highest BCUT2D eigenvalue weighted by Crippen LogP contribution is 2.22. The number of hydrogen-bond donors (Lipinski definition) is 1. The number of ether oxygens (including phenoxy) is 2. The molecular weight excluding hydrogens is 412 g/mol. The van der Waals surface area contributed by atoms with Crippen molar-refractivity contribution >= 4 is 29.5 Å². The fourth-order valence-corrected chi connectivity index (χ4v) is 3.51. The molecule has 0 saturated carbocycles. The van der Waals surface area contributed by atoms with Gasteiger partial charge in [-0.2, -0.15) is 0 Å². The van der Waals surface area contributed by atoms with Gasteiger partial charge in [-0.05, 0) is 46.5 Å². The number of likely N-dealkylation sites (tertiary alicyclic amines) is 1. The number of carbonyl (C=O) groups excluding carboxylic acids is 2. The second kappa shape index (κ2) is 10.7. The van der Waals surface area contributed by atoms with Crippen molar-refractivity contribution in [3.63, 3.8) is 0 Å². The first-order valence-corrected chi connectivity index (χ1v) is 10.6. The van der Waals surface area contributed by atoms with Crippen LogP contribution in [0.5, 0.6) is 0 Å². The molecule has 10 heteroatoms. The Kier molecular flexibility index (Phi) is 8.52. The van der Waals surface area contributed by atoms with Crippen LogP contribution in [0.25, 0.3) is 0 Å². The van der Waals surface area contributed by atoms with Gasteiger partial charge in [-0.15, -0.1) is 0 Å². The van der Waals surface area contributed by atoms with Gasteiger partial charge in [0.2, 0.25) is 0 Å². The summed E-state index contributed by atoms with van der Waals surface area (Å²) in [7, 11) is 0. The molecule has 0 aromatic carbocycles. The zero-order valence-electron chi connectivity index (χ0n) is 18.1. The van der Waals surface area contributed by atoms with Gasteiger partial charge in [-0.1, -0.05) is 11.6 Å². The van der Waals surface area contributed by atoms with Gasteiger partial charge in [0, 0.05) is 26.1 Å². The van der Waals surface area contributed by atoms with Crippen molar-refractivity contribution in [2.45, 2.75) is 71.6 Å². The maximum atomic E-state index is 12.6. The van der Waals surface area contributed by atoms with E-state index in [1.54, 1.807) is 4.90 Å². The molecule has 1 aliphatic heterocycles. The van der Waals surface area contributed by atoms with E-state index >= 15 is 0 Å². The summed E-state index contributed by atoms with van der Waals surface area (Å²) >= 11 is 6.05. The molecule has 168 valence electrons. The Morgan fingerprint density at radius 2 is 2.07 bits per heavy atom. The van der Waals surface area contributed by atoms with Crippen LogP contribution in [0.15, 0.2) is 11.0 Å². The van der Waals surface area contributed by atoms with Crippen LogP contribution >= 0.6 is 11.6 Å². The van der Waals surface area contributed by atoms with Gasteiger partial charge in [0.25, 0.3) is 5.56 Å². The Morgan fingerprint density at radius 3 is 2.73 bits per heavy atom. The summed E-state index contributed by atoms with van der Waals surface area (Å²) in [5, 5.41) is 3.21. The fraction of sp³-hybridized carbons (Fsp3) is 0.700. The first-order chi connectivity index (χ1) is 14.1. The number of piperidine rings is 1. The minimum absolute atomic E-state index is 0.0413. The number of anilines is 1. The summed E-state index contributed by atoms with van der Waals surface area (Å²) in [6.45, 7) is 8.18. The number of carbonyl (C=O) groups is 2. The van der Waals surface area contributed by atoms with Crippen LogP contribution in [-0.2, 0) is 20.8 Å². The number of halogens is 1. The summed E-state index contributed by atoms with van der Waals surface area (Å²) < 4.78 is 11.7. The Hall–Kier alpha value is -2.29. The molecule has 2 rings (SSSR count). The standard InChI is InChI=1S/C20H31ClN4O5/c1-14(26)29-12-11-25-16(21)13-23-17(18(25)27)22-9-8-15-7-5-6-10-24(15)19(28)30-20(2,3)4/h13,15H,5-12H2,1-4H3,(H,22,23). The number of amides is 1. The second-order valence-electron chi connectivity index (χ2n) is 8.27. The number of rotatable bonds is 7. The van der Waals surface area contributed by atoms with Crippen LogP contribution in [0.2, 0.25) is 5.15 Å². The largest absolute Gasteiger partial charge is 0.464 e. The molecule has 1 saturated heterocycles. The lowest BCUT2D eigenvalue weighted by atomic mass is 10.00. The molecule has 0 radical (unpaired) electrons. The predicted octanol–water partition coefficient (Wildman–Crippen LogP) is 3.05. The summed E-state index contributed by atoms with van der Waals surface area (Å²) in [4.78, 5) is 41.9. The van der Waals surface area contributed by atoms with Crippen molar-refractivity contribution in [2.75, 3.05) is 25.0 Å². The lowest BCUT2D eigenvalue weighted by Gasteiger charge is -2.36. The monoisotopic (exact) mass is 442 g/mol. The first-order valence-electron chi connectivity index (χ1n) is 10.2. The predicted molar refractivity (Wildman–Crippen MR) is 114 cm³/mol. The average molecular weight is 443 g/mol. The Labute approximate surface area is 181 Å². The molecule has 1 atom stereocenters. The van der Waals surface area contributed by atoms with Crippen molar-refractivity contribution in [1.82, 2.24) is 14.5 Å². The van der Waals surface area contributed by atoms with Crippen molar-refractivity contribution in [3.8, 4) is 0 Å². The molecule has 0 aliphatic carbocycles. The smallest absolute Gasteiger partial charge is 0.410 e. The van der Waals surface area contributed by atoms with Crippen molar-refractivity contribution in [1.29, 1.82) is 0 Å². The molecule has 2 heterocycles. The summed E-state index contributed by atoms with van der Waals surface area (Å²) in [5.74, 6) is -0.254. The van der Waals surface area contributed by atoms with Gasteiger partial charge in [0.1, 0.15) is 17.4 Å². The van der Waals surface area contributed by atoms with Gasteiger partial charge in [0.15, 0.2) is 5.82 Å². The zero-order chi connectivity index (χ0) is 22.3. The summed E-state index contributed by atoms with van der Waals surface area (Å²) in [6, 6.07) is 0.0413. The van der Waals surface area contributed by atoms with Gasteiger partial charge >= 0.3 is 12.1 Å². The molecule has 30 heavy (non-hydrogen) atoms. The average Bonchev–Trinajstić information content (AvgIpc) is 2.65. The molecule has 1 fully saturated rings. The van der Waals surface area contributed by atoms with E-state index in [-0.39, 0.29) is 41.8 Å². The van der Waals surface area contributed by atoms with E-state index in [4.69, 9.17) is 21.1 Å². The van der Waals surface area contributed by atoms with Crippen molar-refractivity contribution in [3.05, 3.63) is 21.7 Å². The van der Waals surface area contributed by atoms with E-state index in [0.717, 1.165) is 19.3 Å². The molecular formula is C20H31ClN4O5. The zero-order valence-corrected chi connectivity index (χ0v) is 18.8. The molecule has 1 aliphatic rings. The number of nitrogens with zero attached hydrogens (tertiary/aromatic N) is 3. The third kappa shape index (κ3) is 7.19. The molecule has 0 bridgehead atoms. The molecule has 1 amide bonds. The second-order valence-corrected chi connectivity index (χ2v) is 8.65. The fourth-order valence-electron chi connectivity index (χ4n) is 3.30. The highest BCUT2D eigenvalue weighted by Gasteiger charge is 2.30. The van der Waals surface area contributed by atoms with Crippen molar-refractivity contribution < 1.29 is 19.1 Å². The molecule has 1 aromatic heterocycles. The number of esters is 1. The Balaban J connectivity index is 1.97. The normalized spacial score (nSPS) is 16.8. The van der Waals surface area contributed by atoms with Crippen molar-refractivity contribution in [2.24, 2.45) is 0 Å². The minimum Gasteiger partial charge on any atom is -0.464 e. The Morgan fingerprint density at radius 1 is 1.33 bits per heavy atom. The van der Waals surface area contributed by atoms with Gasteiger partial charge < -0.3 is 19.7 Å². The van der Waals surface area contributed by atoms with Crippen LogP contribution < -0.4 is 10.9 Å². The lowest BCUT2D eigenvalue weighted by molar-refractivity contribution is -0.141. The third-order valence-electron chi connectivity index (χ3n) is 4.65. The minimum atomic E-state index is -0.540. The Bertz CT molecular complexity index is 805. The molecule has 1 unspecified atom stereocenters. The van der Waals surface area contributed by atoms with Crippen LogP contribution in [0.3, 0.4) is 0 Å². The van der Waals surface area contributed by atoms with E-state index in [1.165, 1.54) is 17.7 Å². The molecule has 1 aromatic rings. The van der Waals surface area contributed by atoms with Crippen LogP contribution in [0, 0.1) is 0 Å². The van der Waals surface area contributed by atoms with E-state index in [2.05, 4.69) is 10.3 Å². The first kappa shape index (κ1) is 24.0. The number of hydrogen-bond acceptors (Lipinski definition) is 7. The van der Waals surface area contributed by atoms with E-state index in [0.29, 0.717) is 19.5 Å². The lowest BCUT2D eigenvalue weighted by Crippen LogP contribution is -2.46. The topological polar surface area (TPSA) is 103 Å². The maximum Gasteiger partial charge on any atom is 0.410 e. The third-order valence-corrected chi connectivity index (χ3v) is 4.95.